The maximum absolute atomic E-state index is 12.8. The molecule has 0 radical (unpaired) electrons. The number of hydrogen-bond donors (Lipinski definition) is 1. The van der Waals surface area contributed by atoms with Gasteiger partial charge in [0.25, 0.3) is 0 Å². The molecule has 6 nitrogen and oxygen atoms in total. The summed E-state index contributed by atoms with van der Waals surface area (Å²) in [6, 6.07) is 7.97. The number of likely N-dealkylation sites (N-methyl/N-ethyl adjacent to an activating group) is 1. The number of anilines is 1. The van der Waals surface area contributed by atoms with E-state index in [2.05, 4.69) is 10.3 Å². The van der Waals surface area contributed by atoms with Crippen LogP contribution in [-0.2, 0) is 11.3 Å². The summed E-state index contributed by atoms with van der Waals surface area (Å²) < 4.78 is 26.4. The molecule has 0 saturated carbocycles. The first-order chi connectivity index (χ1) is 11.4. The van der Waals surface area contributed by atoms with Crippen molar-refractivity contribution < 1.29 is 13.6 Å². The first-order valence-corrected chi connectivity index (χ1v) is 7.23. The summed E-state index contributed by atoms with van der Waals surface area (Å²) in [7, 11) is 1.65. The quantitative estimate of drug-likeness (QED) is 0.882. The third-order valence-electron chi connectivity index (χ3n) is 3.65. The van der Waals surface area contributed by atoms with Crippen molar-refractivity contribution in [1.29, 1.82) is 5.26 Å². The van der Waals surface area contributed by atoms with E-state index in [0.717, 1.165) is 4.57 Å². The number of aromatic nitrogens is 2. The molecule has 126 valence electrons. The van der Waals surface area contributed by atoms with Crippen LogP contribution in [0.15, 0.2) is 36.7 Å². The minimum atomic E-state index is -2.67. The smallest absolute Gasteiger partial charge is 0.319 e. The molecule has 0 aliphatic carbocycles. The van der Waals surface area contributed by atoms with Crippen molar-refractivity contribution in [1.82, 2.24) is 14.5 Å². The van der Waals surface area contributed by atoms with Crippen LogP contribution in [0, 0.1) is 11.3 Å². The Bertz CT molecular complexity index is 753. The molecule has 2 rings (SSSR count). The van der Waals surface area contributed by atoms with Gasteiger partial charge in [-0.1, -0.05) is 6.07 Å². The number of alkyl halides is 2. The maximum Gasteiger partial charge on any atom is 0.319 e. The van der Waals surface area contributed by atoms with Crippen molar-refractivity contribution in [3.8, 4) is 6.07 Å². The molecule has 0 aliphatic rings. The van der Waals surface area contributed by atoms with E-state index in [0.29, 0.717) is 11.3 Å². The molecule has 0 saturated heterocycles. The van der Waals surface area contributed by atoms with Crippen molar-refractivity contribution in [3.05, 3.63) is 48.0 Å². The number of halogens is 2. The second-order valence-corrected chi connectivity index (χ2v) is 5.30. The molecule has 1 aromatic heterocycles. The lowest BCUT2D eigenvalue weighted by molar-refractivity contribution is -0.120. The third kappa shape index (κ3) is 4.14. The zero-order valence-electron chi connectivity index (χ0n) is 13.3. The number of imidazole rings is 1. The number of nitrogens with zero attached hydrogens (tertiary/aromatic N) is 4. The van der Waals surface area contributed by atoms with E-state index in [4.69, 9.17) is 5.26 Å². The van der Waals surface area contributed by atoms with Crippen molar-refractivity contribution in [2.24, 2.45) is 0 Å². The number of nitriles is 1. The lowest BCUT2D eigenvalue weighted by Gasteiger charge is -2.23. The second-order valence-electron chi connectivity index (χ2n) is 5.30. The standard InChI is InChI=1S/C16H17F2N5O/c1-11(15(24)21-13-5-3-4-12(8-13)9-19)22(2)10-14-20-6-7-23(14)16(17)18/h3-8,11,16H,10H2,1-2H3,(H,21,24). The summed E-state index contributed by atoms with van der Waals surface area (Å²) in [6.07, 6.45) is 2.50. The van der Waals surface area contributed by atoms with Crippen LogP contribution in [0.2, 0.25) is 0 Å². The Balaban J connectivity index is 2.01. The molecule has 0 bridgehead atoms. The number of carbonyl (C=O) groups excluding carboxylic acids is 1. The summed E-state index contributed by atoms with van der Waals surface area (Å²) in [5, 5.41) is 11.6. The van der Waals surface area contributed by atoms with Crippen LogP contribution in [0.4, 0.5) is 14.5 Å². The molecule has 1 aromatic carbocycles. The molecule has 0 aliphatic heterocycles. The van der Waals surface area contributed by atoms with Crippen molar-refractivity contribution >= 4 is 11.6 Å². The predicted molar refractivity (Wildman–Crippen MR) is 84.2 cm³/mol. The minimum absolute atomic E-state index is 0.101. The number of rotatable bonds is 6. The summed E-state index contributed by atoms with van der Waals surface area (Å²) >= 11 is 0. The van der Waals surface area contributed by atoms with E-state index < -0.39 is 12.6 Å². The van der Waals surface area contributed by atoms with Crippen LogP contribution >= 0.6 is 0 Å². The van der Waals surface area contributed by atoms with Crippen LogP contribution in [0.5, 0.6) is 0 Å². The number of carbonyl (C=O) groups is 1. The fourth-order valence-corrected chi connectivity index (χ4v) is 2.12. The van der Waals surface area contributed by atoms with Gasteiger partial charge in [0.1, 0.15) is 5.82 Å². The maximum atomic E-state index is 12.8. The van der Waals surface area contributed by atoms with Gasteiger partial charge in [0, 0.05) is 18.1 Å². The van der Waals surface area contributed by atoms with E-state index in [1.54, 1.807) is 43.1 Å². The van der Waals surface area contributed by atoms with Gasteiger partial charge in [-0.3, -0.25) is 14.3 Å². The topological polar surface area (TPSA) is 74.0 Å². The Labute approximate surface area is 138 Å². The first-order valence-electron chi connectivity index (χ1n) is 7.23. The van der Waals surface area contributed by atoms with Gasteiger partial charge in [0.2, 0.25) is 5.91 Å². The zero-order valence-corrected chi connectivity index (χ0v) is 13.3. The Morgan fingerprint density at radius 1 is 1.50 bits per heavy atom. The molecule has 8 heteroatoms. The van der Waals surface area contributed by atoms with Crippen LogP contribution in [-0.4, -0.2) is 33.4 Å². The van der Waals surface area contributed by atoms with Gasteiger partial charge in [-0.05, 0) is 32.2 Å². The van der Waals surface area contributed by atoms with Crippen molar-refractivity contribution in [2.75, 3.05) is 12.4 Å². The average Bonchev–Trinajstić information content (AvgIpc) is 3.02. The van der Waals surface area contributed by atoms with Gasteiger partial charge in [-0.15, -0.1) is 0 Å². The van der Waals surface area contributed by atoms with Gasteiger partial charge in [0.05, 0.1) is 24.2 Å². The fourth-order valence-electron chi connectivity index (χ4n) is 2.12. The molecule has 0 spiro atoms. The van der Waals surface area contributed by atoms with Crippen molar-refractivity contribution in [2.45, 2.75) is 26.1 Å². The highest BCUT2D eigenvalue weighted by Gasteiger charge is 2.21. The zero-order chi connectivity index (χ0) is 17.7. The molecule has 1 amide bonds. The molecule has 2 aromatic rings. The molecule has 0 fully saturated rings. The third-order valence-corrected chi connectivity index (χ3v) is 3.65. The van der Waals surface area contributed by atoms with E-state index in [1.165, 1.54) is 12.4 Å². The molecular formula is C16H17F2N5O. The monoisotopic (exact) mass is 333 g/mol. The Morgan fingerprint density at radius 2 is 2.25 bits per heavy atom. The number of amides is 1. The lowest BCUT2D eigenvalue weighted by Crippen LogP contribution is -2.39. The van der Waals surface area contributed by atoms with E-state index in [9.17, 15) is 13.6 Å². The Morgan fingerprint density at radius 3 is 2.92 bits per heavy atom. The highest BCUT2D eigenvalue weighted by atomic mass is 19.3. The summed E-state index contributed by atoms with van der Waals surface area (Å²) in [4.78, 5) is 17.8. The predicted octanol–water partition coefficient (Wildman–Crippen LogP) is 2.61. The summed E-state index contributed by atoms with van der Waals surface area (Å²) in [6.45, 7) is -0.905. The van der Waals surface area contributed by atoms with Gasteiger partial charge in [-0.25, -0.2) is 4.98 Å². The molecule has 1 heterocycles. The average molecular weight is 333 g/mol. The number of hydrogen-bond acceptors (Lipinski definition) is 4. The van der Waals surface area contributed by atoms with Gasteiger partial charge in [0.15, 0.2) is 0 Å². The summed E-state index contributed by atoms with van der Waals surface area (Å²) in [5.74, 6) is -0.124. The molecular weight excluding hydrogens is 316 g/mol. The number of benzene rings is 1. The largest absolute Gasteiger partial charge is 0.325 e. The highest BCUT2D eigenvalue weighted by Crippen LogP contribution is 2.15. The van der Waals surface area contributed by atoms with Crippen molar-refractivity contribution in [3.63, 3.8) is 0 Å². The summed E-state index contributed by atoms with van der Waals surface area (Å²) in [5.41, 5.74) is 0.946. The van der Waals surface area contributed by atoms with Crippen LogP contribution in [0.1, 0.15) is 24.9 Å². The van der Waals surface area contributed by atoms with Gasteiger partial charge in [-0.2, -0.15) is 14.0 Å². The van der Waals surface area contributed by atoms with E-state index in [1.807, 2.05) is 6.07 Å². The van der Waals surface area contributed by atoms with E-state index >= 15 is 0 Å². The van der Waals surface area contributed by atoms with Crippen LogP contribution < -0.4 is 5.32 Å². The molecule has 1 N–H and O–H groups in total. The van der Waals surface area contributed by atoms with Crippen LogP contribution in [0.25, 0.3) is 0 Å². The second kappa shape index (κ2) is 7.66. The lowest BCUT2D eigenvalue weighted by atomic mass is 10.2. The molecule has 1 unspecified atom stereocenters. The highest BCUT2D eigenvalue weighted by molar-refractivity contribution is 5.94. The molecule has 24 heavy (non-hydrogen) atoms. The van der Waals surface area contributed by atoms with Gasteiger partial charge < -0.3 is 5.32 Å². The van der Waals surface area contributed by atoms with E-state index in [-0.39, 0.29) is 18.3 Å². The van der Waals surface area contributed by atoms with Crippen LogP contribution in [0.3, 0.4) is 0 Å². The minimum Gasteiger partial charge on any atom is -0.325 e. The fraction of sp³-hybridized carbons (Fsp3) is 0.312. The Kier molecular flexibility index (Phi) is 5.60. The van der Waals surface area contributed by atoms with Gasteiger partial charge >= 0.3 is 6.55 Å². The number of nitrogens with one attached hydrogen (secondary N) is 1. The Hall–Kier alpha value is -2.79. The first kappa shape index (κ1) is 17.6. The molecule has 1 atom stereocenters. The SMILES string of the molecule is CC(C(=O)Nc1cccc(C#N)c1)N(C)Cc1nccn1C(F)F. The normalized spacial score (nSPS) is 12.2.